The standard InChI is InChI=1S/C25H30N4O3/c30-24(19-7-8-23-26-12-15-29(23)17-19)27-11-2-1-4-18-9-13-28(14-10-18)25(31)21-16-20-5-3-6-22(21)32-20/h7-8,12,15-18H,1-6,9-11,13-14H2,(H,27,30). The number of piperidine rings is 1. The average Bonchev–Trinajstić information content (AvgIpc) is 3.41. The van der Waals surface area contributed by atoms with Gasteiger partial charge in [-0.3, -0.25) is 9.59 Å². The van der Waals surface area contributed by atoms with E-state index in [1.807, 2.05) is 39.9 Å². The van der Waals surface area contributed by atoms with Gasteiger partial charge in [0.05, 0.1) is 11.1 Å². The minimum absolute atomic E-state index is 0.0434. The van der Waals surface area contributed by atoms with Crippen molar-refractivity contribution in [2.45, 2.75) is 51.4 Å². The topological polar surface area (TPSA) is 79.8 Å². The third-order valence-electron chi connectivity index (χ3n) is 6.79. The van der Waals surface area contributed by atoms with Crippen LogP contribution in [0.3, 0.4) is 0 Å². The summed E-state index contributed by atoms with van der Waals surface area (Å²) < 4.78 is 7.59. The van der Waals surface area contributed by atoms with E-state index >= 15 is 0 Å². The molecular formula is C25H30N4O3. The fraction of sp³-hybridized carbons (Fsp3) is 0.480. The molecular weight excluding hydrogens is 404 g/mol. The summed E-state index contributed by atoms with van der Waals surface area (Å²) >= 11 is 0. The van der Waals surface area contributed by atoms with Gasteiger partial charge in [-0.05, 0) is 49.8 Å². The van der Waals surface area contributed by atoms with Crippen LogP contribution in [0.15, 0.2) is 41.2 Å². The summed E-state index contributed by atoms with van der Waals surface area (Å²) in [5.41, 5.74) is 2.28. The fourth-order valence-electron chi connectivity index (χ4n) is 4.91. The number of aryl methyl sites for hydroxylation is 2. The summed E-state index contributed by atoms with van der Waals surface area (Å²) in [6, 6.07) is 5.62. The number of hydrogen-bond acceptors (Lipinski definition) is 4. The summed E-state index contributed by atoms with van der Waals surface area (Å²) in [6.07, 6.45) is 13.6. The zero-order valence-corrected chi connectivity index (χ0v) is 18.4. The third kappa shape index (κ3) is 4.42. The van der Waals surface area contributed by atoms with Crippen LogP contribution in [0.5, 0.6) is 0 Å². The van der Waals surface area contributed by atoms with Gasteiger partial charge in [0.1, 0.15) is 17.2 Å². The Morgan fingerprint density at radius 1 is 1.16 bits per heavy atom. The number of aromatic nitrogens is 2. The Morgan fingerprint density at radius 2 is 2.03 bits per heavy atom. The van der Waals surface area contributed by atoms with Gasteiger partial charge in [0, 0.05) is 51.1 Å². The number of pyridine rings is 1. The summed E-state index contributed by atoms with van der Waals surface area (Å²) in [6.45, 7) is 2.34. The number of unbranched alkanes of at least 4 members (excludes halogenated alkanes) is 1. The van der Waals surface area contributed by atoms with E-state index < -0.39 is 0 Å². The molecule has 1 N–H and O–H groups in total. The highest BCUT2D eigenvalue weighted by Gasteiger charge is 2.28. The molecule has 7 heteroatoms. The van der Waals surface area contributed by atoms with Crippen LogP contribution in [0.25, 0.3) is 5.65 Å². The second-order valence-electron chi connectivity index (χ2n) is 9.00. The number of carbonyl (C=O) groups excluding carboxylic acids is 2. The van der Waals surface area contributed by atoms with Crippen LogP contribution >= 0.6 is 0 Å². The van der Waals surface area contributed by atoms with Crippen molar-refractivity contribution in [1.29, 1.82) is 0 Å². The van der Waals surface area contributed by atoms with E-state index in [9.17, 15) is 9.59 Å². The van der Waals surface area contributed by atoms with Crippen molar-refractivity contribution in [3.05, 3.63) is 59.4 Å². The van der Waals surface area contributed by atoms with Crippen LogP contribution in [0, 0.1) is 5.92 Å². The minimum Gasteiger partial charge on any atom is -0.465 e. The molecule has 0 atom stereocenters. The minimum atomic E-state index is -0.0434. The predicted molar refractivity (Wildman–Crippen MR) is 121 cm³/mol. The van der Waals surface area contributed by atoms with E-state index in [-0.39, 0.29) is 11.8 Å². The molecule has 0 aliphatic carbocycles. The van der Waals surface area contributed by atoms with Crippen molar-refractivity contribution in [2.24, 2.45) is 5.92 Å². The number of nitrogens with zero attached hydrogens (tertiary/aromatic N) is 3. The molecule has 1 saturated heterocycles. The molecule has 2 amide bonds. The zero-order chi connectivity index (χ0) is 21.9. The van der Waals surface area contributed by atoms with Crippen molar-refractivity contribution in [2.75, 3.05) is 19.6 Å². The summed E-state index contributed by atoms with van der Waals surface area (Å²) in [4.78, 5) is 31.4. The monoisotopic (exact) mass is 434 g/mol. The number of fused-ring (bicyclic) bond motifs is 3. The molecule has 1 fully saturated rings. The van der Waals surface area contributed by atoms with Gasteiger partial charge < -0.3 is 19.0 Å². The van der Waals surface area contributed by atoms with Crippen LogP contribution in [0.2, 0.25) is 0 Å². The van der Waals surface area contributed by atoms with Crippen molar-refractivity contribution in [3.8, 4) is 0 Å². The Bertz CT molecular complexity index is 1110. The summed E-state index contributed by atoms with van der Waals surface area (Å²) in [5, 5.41) is 3.02. The number of carbonyl (C=O) groups is 2. The number of likely N-dealkylation sites (tertiary alicyclic amines) is 1. The second-order valence-corrected chi connectivity index (χ2v) is 9.00. The van der Waals surface area contributed by atoms with E-state index in [2.05, 4.69) is 10.3 Å². The first kappa shape index (κ1) is 20.8. The molecule has 5 heterocycles. The molecule has 2 bridgehead atoms. The Labute approximate surface area is 187 Å². The summed E-state index contributed by atoms with van der Waals surface area (Å²) in [7, 11) is 0. The molecule has 0 aromatic carbocycles. The molecule has 2 aliphatic rings. The van der Waals surface area contributed by atoms with E-state index in [0.29, 0.717) is 18.0 Å². The van der Waals surface area contributed by atoms with Crippen molar-refractivity contribution >= 4 is 17.5 Å². The lowest BCUT2D eigenvalue weighted by atomic mass is 9.91. The van der Waals surface area contributed by atoms with Crippen LogP contribution in [-0.4, -0.2) is 45.7 Å². The van der Waals surface area contributed by atoms with Gasteiger partial charge in [0.15, 0.2) is 0 Å². The van der Waals surface area contributed by atoms with Gasteiger partial charge in [-0.25, -0.2) is 4.98 Å². The van der Waals surface area contributed by atoms with Crippen LogP contribution in [0.1, 0.15) is 70.8 Å². The highest BCUT2D eigenvalue weighted by molar-refractivity contribution is 5.95. The van der Waals surface area contributed by atoms with E-state index in [0.717, 1.165) is 87.2 Å². The fourth-order valence-corrected chi connectivity index (χ4v) is 4.91. The van der Waals surface area contributed by atoms with Crippen LogP contribution < -0.4 is 5.32 Å². The molecule has 5 rings (SSSR count). The van der Waals surface area contributed by atoms with Gasteiger partial charge >= 0.3 is 0 Å². The normalized spacial score (nSPS) is 16.4. The maximum Gasteiger partial charge on any atom is 0.257 e. The van der Waals surface area contributed by atoms with E-state index in [1.54, 1.807) is 6.20 Å². The van der Waals surface area contributed by atoms with Crippen LogP contribution in [-0.2, 0) is 12.8 Å². The predicted octanol–water partition coefficient (Wildman–Crippen LogP) is 3.87. The molecule has 32 heavy (non-hydrogen) atoms. The molecule has 2 aliphatic heterocycles. The number of rotatable bonds is 7. The molecule has 7 nitrogen and oxygen atoms in total. The lowest BCUT2D eigenvalue weighted by molar-refractivity contribution is 0.0683. The number of hydrogen-bond donors (Lipinski definition) is 1. The molecule has 3 aromatic rings. The van der Waals surface area contributed by atoms with Crippen LogP contribution in [0.4, 0.5) is 0 Å². The van der Waals surface area contributed by atoms with Crippen molar-refractivity contribution in [1.82, 2.24) is 19.6 Å². The Hall–Kier alpha value is -3.09. The zero-order valence-electron chi connectivity index (χ0n) is 18.4. The maximum atomic E-state index is 12.9. The summed E-state index contributed by atoms with van der Waals surface area (Å²) in [5.74, 6) is 2.60. The Morgan fingerprint density at radius 3 is 2.88 bits per heavy atom. The number of nitrogens with one attached hydrogen (secondary N) is 1. The highest BCUT2D eigenvalue weighted by Crippen LogP contribution is 2.28. The first-order valence-corrected chi connectivity index (χ1v) is 11.8. The molecule has 0 spiro atoms. The number of furan rings is 1. The molecule has 168 valence electrons. The van der Waals surface area contributed by atoms with Gasteiger partial charge in [-0.15, -0.1) is 0 Å². The average molecular weight is 435 g/mol. The first-order valence-electron chi connectivity index (χ1n) is 11.8. The maximum absolute atomic E-state index is 12.9. The van der Waals surface area contributed by atoms with Gasteiger partial charge in [0.2, 0.25) is 0 Å². The highest BCUT2D eigenvalue weighted by atomic mass is 16.3. The van der Waals surface area contributed by atoms with Gasteiger partial charge in [-0.1, -0.05) is 12.8 Å². The SMILES string of the molecule is O=C(NCCCCC1CCN(C(=O)c2cc3oc2CCC3)CC1)c1ccc2nccn2c1. The number of amides is 2. The van der Waals surface area contributed by atoms with E-state index in [4.69, 9.17) is 4.42 Å². The molecule has 0 unspecified atom stereocenters. The lowest BCUT2D eigenvalue weighted by Gasteiger charge is -2.32. The second kappa shape index (κ2) is 9.18. The van der Waals surface area contributed by atoms with Gasteiger partial charge in [-0.2, -0.15) is 0 Å². The molecule has 0 saturated carbocycles. The quantitative estimate of drug-likeness (QED) is 0.573. The Kier molecular flexibility index (Phi) is 5.97. The third-order valence-corrected chi connectivity index (χ3v) is 6.79. The first-order chi connectivity index (χ1) is 15.7. The lowest BCUT2D eigenvalue weighted by Crippen LogP contribution is -2.38. The molecule has 3 aromatic heterocycles. The van der Waals surface area contributed by atoms with E-state index in [1.165, 1.54) is 0 Å². The van der Waals surface area contributed by atoms with Crippen molar-refractivity contribution in [3.63, 3.8) is 0 Å². The molecule has 0 radical (unpaired) electrons. The van der Waals surface area contributed by atoms with Crippen molar-refractivity contribution < 1.29 is 14.0 Å². The number of imidazole rings is 1. The largest absolute Gasteiger partial charge is 0.465 e. The smallest absolute Gasteiger partial charge is 0.257 e. The Balaban J connectivity index is 1.00. The van der Waals surface area contributed by atoms with Gasteiger partial charge in [0.25, 0.3) is 11.8 Å².